The number of epoxide rings is 1. The normalized spacial score (nSPS) is 19.6. The number of hydrogen-bond donors (Lipinski definition) is 0. The first-order chi connectivity index (χ1) is 11.9. The van der Waals surface area contributed by atoms with E-state index in [-0.39, 0.29) is 26.3 Å². The summed E-state index contributed by atoms with van der Waals surface area (Å²) in [6.45, 7) is 6.60. The molecule has 0 radical (unpaired) electrons. The molecule has 1 aromatic rings. The van der Waals surface area contributed by atoms with Gasteiger partial charge in [0.25, 0.3) is 0 Å². The van der Waals surface area contributed by atoms with Gasteiger partial charge in [0.05, 0.1) is 25.9 Å². The molecule has 1 aliphatic rings. The minimum absolute atomic E-state index is 0.128. The summed E-state index contributed by atoms with van der Waals surface area (Å²) in [4.78, 5) is 0. The van der Waals surface area contributed by atoms with Crippen molar-refractivity contribution in [2.45, 2.75) is 58.2 Å². The Balaban J connectivity index is 1.68. The number of rotatable bonds is 10. The molecule has 2 rings (SSSR count). The van der Waals surface area contributed by atoms with E-state index in [0.717, 1.165) is 24.3 Å². The number of allylic oxidation sites excluding steroid dienone is 2. The molecule has 0 saturated carbocycles. The highest BCUT2D eigenvalue weighted by molar-refractivity contribution is 14.2. The molecule has 1 aromatic carbocycles. The van der Waals surface area contributed by atoms with Gasteiger partial charge in [-0.25, -0.2) is 0 Å². The lowest BCUT2D eigenvalue weighted by Crippen LogP contribution is -2.02. The van der Waals surface area contributed by atoms with Crippen LogP contribution in [0.4, 0.5) is 0 Å². The Morgan fingerprint density at radius 1 is 1.20 bits per heavy atom. The van der Waals surface area contributed by atoms with Crippen molar-refractivity contribution < 1.29 is 14.2 Å². The molecule has 0 N–H and O–H groups in total. The van der Waals surface area contributed by atoms with E-state index in [4.69, 9.17) is 14.2 Å². The highest BCUT2D eigenvalue weighted by Gasteiger charge is 2.46. The molecule has 25 heavy (non-hydrogen) atoms. The predicted molar refractivity (Wildman–Crippen MR) is 115 cm³/mol. The van der Waals surface area contributed by atoms with Crippen LogP contribution in [0.2, 0.25) is 0 Å². The van der Waals surface area contributed by atoms with Crippen molar-refractivity contribution in [3.05, 3.63) is 35.4 Å². The molecule has 1 heterocycles. The molecule has 0 spiro atoms. The molecule has 1 atom stereocenters. The van der Waals surface area contributed by atoms with Crippen molar-refractivity contribution in [1.29, 1.82) is 0 Å². The summed E-state index contributed by atoms with van der Waals surface area (Å²) in [5, 5.41) is 0. The fourth-order valence-electron chi connectivity index (χ4n) is 2.77. The topological polar surface area (TPSA) is 31.0 Å². The maximum absolute atomic E-state index is 5.64. The first-order valence-electron chi connectivity index (χ1n) is 8.89. The summed E-state index contributed by atoms with van der Waals surface area (Å²) in [7, 11) is 3.39. The van der Waals surface area contributed by atoms with Gasteiger partial charge in [0.2, 0.25) is 0 Å². The zero-order valence-corrected chi connectivity index (χ0v) is 18.3. The van der Waals surface area contributed by atoms with E-state index in [0.29, 0.717) is 6.10 Å². The van der Waals surface area contributed by atoms with Gasteiger partial charge in [-0.15, -0.1) is 20.7 Å². The standard InChI is InChI=1S/C21H31IO3/c1-16(8-9-20-21(2,3)25-20)7-6-11-22-12-10-17-13-18(23-4)15-19(14-17)24-5/h7,12-15,20H,6,8-11H2,1-5H3/b16-7+/t20-/m1/s1. The summed E-state index contributed by atoms with van der Waals surface area (Å²) >= 11 is 0.136. The smallest absolute Gasteiger partial charge is 0.122 e. The second kappa shape index (κ2) is 9.72. The largest absolute Gasteiger partial charge is 0.497 e. The SMILES string of the molecule is COc1cc(C/C=I/CC/C=C(\C)CC[C@H]2OC2(C)C)cc(OC)c1. The lowest BCUT2D eigenvalue weighted by atomic mass is 10.0. The summed E-state index contributed by atoms with van der Waals surface area (Å²) in [6, 6.07) is 6.10. The molecule has 1 saturated heterocycles. The Labute approximate surface area is 162 Å². The van der Waals surface area contributed by atoms with Gasteiger partial charge < -0.3 is 14.2 Å². The lowest BCUT2D eigenvalue weighted by molar-refractivity contribution is 0.320. The van der Waals surface area contributed by atoms with E-state index in [1.54, 1.807) is 14.2 Å². The number of ether oxygens (including phenoxy) is 3. The summed E-state index contributed by atoms with van der Waals surface area (Å²) < 4.78 is 20.1. The lowest BCUT2D eigenvalue weighted by Gasteiger charge is -2.06. The molecule has 1 fully saturated rings. The first kappa shape index (κ1) is 20.4. The van der Waals surface area contributed by atoms with Crippen LogP contribution in [-0.2, 0) is 11.2 Å². The van der Waals surface area contributed by atoms with E-state index in [1.807, 2.05) is 6.07 Å². The van der Waals surface area contributed by atoms with Crippen LogP contribution in [0.5, 0.6) is 11.5 Å². The fourth-order valence-corrected chi connectivity index (χ4v) is 4.70. The van der Waals surface area contributed by atoms with Crippen LogP contribution in [0.25, 0.3) is 0 Å². The van der Waals surface area contributed by atoms with E-state index in [9.17, 15) is 0 Å². The van der Waals surface area contributed by atoms with Gasteiger partial charge in [-0.2, -0.15) is 0 Å². The van der Waals surface area contributed by atoms with Gasteiger partial charge in [-0.3, -0.25) is 0 Å². The molecule has 1 aliphatic heterocycles. The Bertz CT molecular complexity index is 597. The van der Waals surface area contributed by atoms with Crippen LogP contribution >= 0.6 is 20.7 Å². The highest BCUT2D eigenvalue weighted by atomic mass is 127. The fraction of sp³-hybridized carbons (Fsp3) is 0.571. The zero-order valence-electron chi connectivity index (χ0n) is 16.1. The van der Waals surface area contributed by atoms with Gasteiger partial charge in [0.1, 0.15) is 11.5 Å². The number of benzene rings is 1. The zero-order chi connectivity index (χ0) is 18.3. The third-order valence-electron chi connectivity index (χ3n) is 4.51. The Hall–Kier alpha value is -0.880. The molecule has 140 valence electrons. The average molecular weight is 458 g/mol. The van der Waals surface area contributed by atoms with Crippen LogP contribution in [0.15, 0.2) is 29.8 Å². The molecular formula is C21H31IO3. The molecule has 0 bridgehead atoms. The molecular weight excluding hydrogens is 427 g/mol. The van der Waals surface area contributed by atoms with E-state index in [1.165, 1.54) is 28.4 Å². The van der Waals surface area contributed by atoms with Crippen molar-refractivity contribution in [2.75, 3.05) is 18.6 Å². The van der Waals surface area contributed by atoms with E-state index < -0.39 is 0 Å². The van der Waals surface area contributed by atoms with Gasteiger partial charge >= 0.3 is 0 Å². The first-order valence-corrected chi connectivity index (χ1v) is 11.7. The maximum Gasteiger partial charge on any atom is 0.122 e. The van der Waals surface area contributed by atoms with Crippen LogP contribution in [0, 0.1) is 0 Å². The summed E-state index contributed by atoms with van der Waals surface area (Å²) in [5.41, 5.74) is 2.89. The van der Waals surface area contributed by atoms with Gasteiger partial charge in [0.15, 0.2) is 0 Å². The Kier molecular flexibility index (Phi) is 7.94. The van der Waals surface area contributed by atoms with Crippen molar-refractivity contribution in [2.24, 2.45) is 0 Å². The molecule has 0 aliphatic carbocycles. The van der Waals surface area contributed by atoms with Gasteiger partial charge in [-0.05, 0) is 68.6 Å². The van der Waals surface area contributed by atoms with E-state index >= 15 is 0 Å². The maximum atomic E-state index is 5.64. The summed E-state index contributed by atoms with van der Waals surface area (Å²) in [6.07, 6.45) is 7.41. The van der Waals surface area contributed by atoms with Crippen molar-refractivity contribution >= 4 is 24.7 Å². The predicted octanol–water partition coefficient (Wildman–Crippen LogP) is 5.31. The van der Waals surface area contributed by atoms with Gasteiger partial charge in [0, 0.05) is 6.07 Å². The van der Waals surface area contributed by atoms with Crippen molar-refractivity contribution in [3.8, 4) is 11.5 Å². The second-order valence-electron chi connectivity index (χ2n) is 7.01. The molecule has 0 aromatic heterocycles. The number of alkyl halides is 1. The van der Waals surface area contributed by atoms with Crippen molar-refractivity contribution in [3.63, 3.8) is 0 Å². The molecule has 0 amide bonds. The monoisotopic (exact) mass is 458 g/mol. The quantitative estimate of drug-likeness (QED) is 0.157. The van der Waals surface area contributed by atoms with Crippen LogP contribution in [-0.4, -0.2) is 34.4 Å². The molecule has 4 heteroatoms. The summed E-state index contributed by atoms with van der Waals surface area (Å²) in [5.74, 6) is 1.73. The number of methoxy groups -OCH3 is 2. The third-order valence-corrected chi connectivity index (χ3v) is 6.82. The minimum Gasteiger partial charge on any atom is -0.497 e. The minimum atomic E-state index is 0.128. The molecule has 0 unspecified atom stereocenters. The van der Waals surface area contributed by atoms with Gasteiger partial charge in [-0.1, -0.05) is 15.7 Å². The second-order valence-corrected chi connectivity index (χ2v) is 9.85. The number of halogens is 1. The molecule has 3 nitrogen and oxygen atoms in total. The average Bonchev–Trinajstić information content (AvgIpc) is 3.22. The van der Waals surface area contributed by atoms with E-state index in [2.05, 4.69) is 43.0 Å². The third kappa shape index (κ3) is 7.10. The highest BCUT2D eigenvalue weighted by Crippen LogP contribution is 2.38. The van der Waals surface area contributed by atoms with Crippen LogP contribution < -0.4 is 9.47 Å². The Morgan fingerprint density at radius 2 is 1.84 bits per heavy atom. The van der Waals surface area contributed by atoms with Crippen LogP contribution in [0.3, 0.4) is 0 Å². The van der Waals surface area contributed by atoms with Crippen molar-refractivity contribution in [1.82, 2.24) is 0 Å². The Morgan fingerprint density at radius 3 is 2.40 bits per heavy atom. The number of hydrogen-bond acceptors (Lipinski definition) is 3. The van der Waals surface area contributed by atoms with Crippen LogP contribution in [0.1, 0.15) is 45.6 Å².